The minimum atomic E-state index is -3.78. The minimum absolute atomic E-state index is 0.0241. The van der Waals surface area contributed by atoms with Crippen molar-refractivity contribution in [3.63, 3.8) is 0 Å². The van der Waals surface area contributed by atoms with Crippen molar-refractivity contribution in [1.82, 2.24) is 5.32 Å². The molecule has 0 bridgehead atoms. The second-order valence-electron chi connectivity index (χ2n) is 6.03. The van der Waals surface area contributed by atoms with Crippen molar-refractivity contribution in [3.05, 3.63) is 59.2 Å². The predicted octanol–water partition coefficient (Wildman–Crippen LogP) is 3.24. The van der Waals surface area contributed by atoms with Crippen molar-refractivity contribution in [2.24, 2.45) is 0 Å². The predicted molar refractivity (Wildman–Crippen MR) is 95.8 cm³/mol. The maximum Gasteiger partial charge on any atom is 0.262 e. The normalized spacial score (nSPS) is 11.4. The van der Waals surface area contributed by atoms with E-state index in [0.717, 1.165) is 5.56 Å². The third kappa shape index (κ3) is 4.14. The molecule has 0 aromatic heterocycles. The second-order valence-corrected chi connectivity index (χ2v) is 7.68. The molecule has 0 heterocycles. The van der Waals surface area contributed by atoms with Crippen LogP contribution in [0.1, 0.15) is 35.3 Å². The van der Waals surface area contributed by atoms with E-state index in [1.165, 1.54) is 6.07 Å². The Balaban J connectivity index is 2.39. The number of hydrogen-bond acceptors (Lipinski definition) is 3. The van der Waals surface area contributed by atoms with Gasteiger partial charge in [0.15, 0.2) is 0 Å². The van der Waals surface area contributed by atoms with Crippen LogP contribution < -0.4 is 10.0 Å². The van der Waals surface area contributed by atoms with E-state index in [0.29, 0.717) is 16.8 Å². The molecule has 0 aliphatic rings. The van der Waals surface area contributed by atoms with Crippen LogP contribution in [0.5, 0.6) is 0 Å². The number of rotatable bonds is 5. The monoisotopic (exact) mass is 346 g/mol. The summed E-state index contributed by atoms with van der Waals surface area (Å²) >= 11 is 0. The lowest BCUT2D eigenvalue weighted by atomic mass is 10.1. The Labute approximate surface area is 143 Å². The van der Waals surface area contributed by atoms with Gasteiger partial charge >= 0.3 is 0 Å². The van der Waals surface area contributed by atoms with E-state index >= 15 is 0 Å². The number of hydrogen-bond donors (Lipinski definition) is 2. The highest BCUT2D eigenvalue weighted by atomic mass is 32.2. The molecular formula is C18H22N2O3S. The Kier molecular flexibility index (Phi) is 5.29. The van der Waals surface area contributed by atoms with E-state index < -0.39 is 10.0 Å². The highest BCUT2D eigenvalue weighted by Gasteiger charge is 2.20. The van der Waals surface area contributed by atoms with Gasteiger partial charge in [-0.3, -0.25) is 9.52 Å². The quantitative estimate of drug-likeness (QED) is 0.873. The van der Waals surface area contributed by atoms with E-state index in [-0.39, 0.29) is 16.8 Å². The Hall–Kier alpha value is -2.34. The molecule has 2 aromatic carbocycles. The highest BCUT2D eigenvalue weighted by molar-refractivity contribution is 7.92. The Morgan fingerprint density at radius 3 is 2.29 bits per heavy atom. The summed E-state index contributed by atoms with van der Waals surface area (Å²) in [4.78, 5) is 12.2. The van der Waals surface area contributed by atoms with Crippen LogP contribution in [-0.4, -0.2) is 20.4 Å². The molecule has 0 saturated carbocycles. The molecule has 0 atom stereocenters. The van der Waals surface area contributed by atoms with Crippen LogP contribution >= 0.6 is 0 Å². The van der Waals surface area contributed by atoms with Crippen molar-refractivity contribution in [3.8, 4) is 0 Å². The number of para-hydroxylation sites is 1. The zero-order valence-corrected chi connectivity index (χ0v) is 15.1. The summed E-state index contributed by atoms with van der Waals surface area (Å²) in [5, 5.41) is 2.76. The first-order valence-electron chi connectivity index (χ1n) is 7.70. The van der Waals surface area contributed by atoms with Gasteiger partial charge in [-0.25, -0.2) is 8.42 Å². The van der Waals surface area contributed by atoms with E-state index in [2.05, 4.69) is 10.0 Å². The third-order valence-electron chi connectivity index (χ3n) is 3.55. The maximum absolute atomic E-state index is 12.7. The van der Waals surface area contributed by atoms with Crippen molar-refractivity contribution < 1.29 is 13.2 Å². The van der Waals surface area contributed by atoms with Crippen LogP contribution in [0.2, 0.25) is 0 Å². The summed E-state index contributed by atoms with van der Waals surface area (Å²) in [5.74, 6) is -0.294. The minimum Gasteiger partial charge on any atom is -0.350 e. The van der Waals surface area contributed by atoms with Crippen LogP contribution in [-0.2, 0) is 10.0 Å². The maximum atomic E-state index is 12.7. The molecule has 0 fully saturated rings. The highest BCUT2D eigenvalue weighted by Crippen LogP contribution is 2.22. The number of carbonyl (C=O) groups excluding carboxylic acids is 1. The molecule has 2 rings (SSSR count). The average Bonchev–Trinajstić information content (AvgIpc) is 2.49. The fraction of sp³-hybridized carbons (Fsp3) is 0.278. The molecule has 128 valence electrons. The number of carbonyl (C=O) groups is 1. The van der Waals surface area contributed by atoms with Crippen LogP contribution in [0.25, 0.3) is 0 Å². The molecule has 0 unspecified atom stereocenters. The Morgan fingerprint density at radius 1 is 1.00 bits per heavy atom. The Bertz CT molecular complexity index is 858. The molecule has 6 heteroatoms. The van der Waals surface area contributed by atoms with Crippen LogP contribution in [0.3, 0.4) is 0 Å². The van der Waals surface area contributed by atoms with Gasteiger partial charge in [0.1, 0.15) is 0 Å². The second kappa shape index (κ2) is 7.05. The fourth-order valence-electron chi connectivity index (χ4n) is 2.26. The first kappa shape index (κ1) is 18.0. The summed E-state index contributed by atoms with van der Waals surface area (Å²) in [6.45, 7) is 7.24. The number of anilines is 1. The first-order valence-corrected chi connectivity index (χ1v) is 9.19. The topological polar surface area (TPSA) is 75.3 Å². The molecule has 0 radical (unpaired) electrons. The molecule has 5 nitrogen and oxygen atoms in total. The summed E-state index contributed by atoms with van der Waals surface area (Å²) in [6.07, 6.45) is 0. The molecular weight excluding hydrogens is 324 g/mol. The molecule has 0 aliphatic heterocycles. The van der Waals surface area contributed by atoms with Crippen molar-refractivity contribution in [1.29, 1.82) is 0 Å². The molecule has 2 aromatic rings. The molecule has 0 aliphatic carbocycles. The van der Waals surface area contributed by atoms with Gasteiger partial charge in [-0.15, -0.1) is 0 Å². The van der Waals surface area contributed by atoms with Crippen molar-refractivity contribution in [2.75, 3.05) is 4.72 Å². The van der Waals surface area contributed by atoms with E-state index in [1.807, 2.05) is 32.9 Å². The summed E-state index contributed by atoms with van der Waals surface area (Å²) < 4.78 is 28.0. The van der Waals surface area contributed by atoms with E-state index in [1.54, 1.807) is 31.2 Å². The van der Waals surface area contributed by atoms with Gasteiger partial charge < -0.3 is 5.32 Å². The Morgan fingerprint density at radius 2 is 1.67 bits per heavy atom. The molecule has 1 amide bonds. The molecule has 0 spiro atoms. The van der Waals surface area contributed by atoms with Gasteiger partial charge in [-0.05, 0) is 57.0 Å². The summed E-state index contributed by atoms with van der Waals surface area (Å²) in [5.41, 5.74) is 2.25. The van der Waals surface area contributed by atoms with Gasteiger partial charge in [0.05, 0.1) is 10.6 Å². The van der Waals surface area contributed by atoms with Gasteiger partial charge in [-0.2, -0.15) is 0 Å². The van der Waals surface area contributed by atoms with Crippen LogP contribution in [0, 0.1) is 13.8 Å². The molecule has 24 heavy (non-hydrogen) atoms. The van der Waals surface area contributed by atoms with Crippen LogP contribution in [0.15, 0.2) is 47.4 Å². The van der Waals surface area contributed by atoms with Gasteiger partial charge in [0.2, 0.25) is 0 Å². The smallest absolute Gasteiger partial charge is 0.262 e. The molecule has 0 saturated heterocycles. The number of nitrogens with one attached hydrogen (secondary N) is 2. The summed E-state index contributed by atoms with van der Waals surface area (Å²) in [6, 6.07) is 11.8. The average molecular weight is 346 g/mol. The lowest BCUT2D eigenvalue weighted by Crippen LogP contribution is -2.30. The standard InChI is InChI=1S/C18H22N2O3S/c1-12(2)19-18(21)15-10-9-14(4)17(11-15)24(22,23)20-16-8-6-5-7-13(16)3/h5-12,20H,1-4H3,(H,19,21). The number of sulfonamides is 1. The lowest BCUT2D eigenvalue weighted by Gasteiger charge is -2.14. The number of benzene rings is 2. The largest absolute Gasteiger partial charge is 0.350 e. The van der Waals surface area contributed by atoms with Crippen molar-refractivity contribution >= 4 is 21.6 Å². The fourth-order valence-corrected chi connectivity index (χ4v) is 3.67. The SMILES string of the molecule is Cc1ccccc1NS(=O)(=O)c1cc(C(=O)NC(C)C)ccc1C. The lowest BCUT2D eigenvalue weighted by molar-refractivity contribution is 0.0943. The van der Waals surface area contributed by atoms with Gasteiger partial charge in [0, 0.05) is 11.6 Å². The summed E-state index contributed by atoms with van der Waals surface area (Å²) in [7, 11) is -3.78. The number of aryl methyl sites for hydroxylation is 2. The third-order valence-corrected chi connectivity index (χ3v) is 5.06. The van der Waals surface area contributed by atoms with Gasteiger partial charge in [-0.1, -0.05) is 24.3 Å². The van der Waals surface area contributed by atoms with Crippen molar-refractivity contribution in [2.45, 2.75) is 38.6 Å². The van der Waals surface area contributed by atoms with Gasteiger partial charge in [0.25, 0.3) is 15.9 Å². The first-order chi connectivity index (χ1) is 11.2. The molecule has 2 N–H and O–H groups in total. The zero-order chi connectivity index (χ0) is 17.9. The van der Waals surface area contributed by atoms with E-state index in [4.69, 9.17) is 0 Å². The van der Waals surface area contributed by atoms with Crippen LogP contribution in [0.4, 0.5) is 5.69 Å². The number of amides is 1. The zero-order valence-electron chi connectivity index (χ0n) is 14.3. The van der Waals surface area contributed by atoms with E-state index in [9.17, 15) is 13.2 Å².